The van der Waals surface area contributed by atoms with Crippen LogP contribution in [0.1, 0.15) is 6.42 Å². The molecule has 0 spiro atoms. The highest BCUT2D eigenvalue weighted by Gasteiger charge is 2.45. The summed E-state index contributed by atoms with van der Waals surface area (Å²) in [5.74, 6) is 0. The van der Waals surface area contributed by atoms with Gasteiger partial charge in [0, 0.05) is 6.42 Å². The van der Waals surface area contributed by atoms with Gasteiger partial charge in [0.05, 0.1) is 13.2 Å². The molecule has 2 saturated heterocycles. The predicted molar refractivity (Wildman–Crippen MR) is 49.2 cm³/mol. The molecule has 0 saturated carbocycles. The van der Waals surface area contributed by atoms with Crippen LogP contribution in [0, 0.1) is 0 Å². The van der Waals surface area contributed by atoms with Crippen molar-refractivity contribution in [3.8, 4) is 0 Å². The minimum atomic E-state index is -1.41. The third-order valence-corrected chi connectivity index (χ3v) is 2.79. The molecule has 2 rings (SSSR count). The summed E-state index contributed by atoms with van der Waals surface area (Å²) < 4.78 is 15.3. The lowest BCUT2D eigenvalue weighted by atomic mass is 9.99. The molecule has 94 valence electrons. The smallest absolute Gasteiger partial charge is 0.189 e. The van der Waals surface area contributed by atoms with Gasteiger partial charge in [0.25, 0.3) is 0 Å². The highest BCUT2D eigenvalue weighted by atomic mass is 16.8. The summed E-state index contributed by atoms with van der Waals surface area (Å²) in [5.41, 5.74) is 0. The van der Waals surface area contributed by atoms with Gasteiger partial charge < -0.3 is 34.6 Å². The maximum absolute atomic E-state index is 9.59. The molecule has 0 radical (unpaired) electrons. The van der Waals surface area contributed by atoms with E-state index in [9.17, 15) is 15.3 Å². The summed E-state index contributed by atoms with van der Waals surface area (Å²) >= 11 is 0. The van der Waals surface area contributed by atoms with E-state index < -0.39 is 43.6 Å². The van der Waals surface area contributed by atoms with Crippen LogP contribution in [0.3, 0.4) is 0 Å². The Morgan fingerprint density at radius 3 is 2.31 bits per heavy atom. The fraction of sp³-hybridized carbons (Fsp3) is 1.00. The van der Waals surface area contributed by atoms with Crippen molar-refractivity contribution in [1.82, 2.24) is 0 Å². The number of rotatable bonds is 3. The molecule has 0 bridgehead atoms. The predicted octanol–water partition coefficient (Wildman–Crippen LogP) is -2.45. The van der Waals surface area contributed by atoms with Crippen LogP contribution in [0.25, 0.3) is 0 Å². The molecule has 0 aromatic rings. The summed E-state index contributed by atoms with van der Waals surface area (Å²) in [6.07, 6.45) is -5.93. The van der Waals surface area contributed by atoms with Crippen LogP contribution in [0.5, 0.6) is 0 Å². The Balaban J connectivity index is 1.95. The van der Waals surface area contributed by atoms with Gasteiger partial charge in [-0.05, 0) is 0 Å². The van der Waals surface area contributed by atoms with E-state index in [-0.39, 0.29) is 0 Å². The standard InChI is InChI=1S/C9H16O7/c10-3-4-6(11)7(12)8(13)9(15-4)16-5-1-2-14-5/h4-13H,1-3H2/t4-,5?,6-,7+,8-,9?/m1/s1. The Labute approximate surface area is 92.2 Å². The van der Waals surface area contributed by atoms with E-state index in [1.54, 1.807) is 0 Å². The van der Waals surface area contributed by atoms with Crippen LogP contribution < -0.4 is 0 Å². The number of ether oxygens (including phenoxy) is 3. The minimum absolute atomic E-state index is 0.457. The lowest BCUT2D eigenvalue weighted by Crippen LogP contribution is -2.60. The third-order valence-electron chi connectivity index (χ3n) is 2.79. The van der Waals surface area contributed by atoms with Crippen molar-refractivity contribution in [2.24, 2.45) is 0 Å². The van der Waals surface area contributed by atoms with E-state index >= 15 is 0 Å². The first-order valence-corrected chi connectivity index (χ1v) is 5.21. The summed E-state index contributed by atoms with van der Waals surface area (Å²) in [5, 5.41) is 37.5. The lowest BCUT2D eigenvalue weighted by Gasteiger charge is -2.41. The zero-order valence-electron chi connectivity index (χ0n) is 8.60. The SMILES string of the molecule is OC[C@H]1OC(OC2CCO2)[C@H](O)[C@@H](O)[C@@H]1O. The van der Waals surface area contributed by atoms with E-state index in [2.05, 4.69) is 0 Å². The maximum Gasteiger partial charge on any atom is 0.189 e. The summed E-state index contributed by atoms with van der Waals surface area (Å²) in [6.45, 7) is 0.123. The molecule has 2 unspecified atom stereocenters. The monoisotopic (exact) mass is 236 g/mol. The number of aliphatic hydroxyl groups excluding tert-OH is 4. The van der Waals surface area contributed by atoms with Crippen molar-refractivity contribution in [2.45, 2.75) is 43.4 Å². The maximum atomic E-state index is 9.59. The first kappa shape index (κ1) is 12.2. The molecule has 6 atom stereocenters. The molecule has 4 N–H and O–H groups in total. The molecule has 2 fully saturated rings. The minimum Gasteiger partial charge on any atom is -0.394 e. The topological polar surface area (TPSA) is 109 Å². The Hall–Kier alpha value is -0.280. The van der Waals surface area contributed by atoms with Crippen molar-refractivity contribution in [3.05, 3.63) is 0 Å². The van der Waals surface area contributed by atoms with Gasteiger partial charge in [-0.3, -0.25) is 0 Å². The second-order valence-corrected chi connectivity index (χ2v) is 3.92. The molecule has 0 aromatic carbocycles. The Morgan fingerprint density at radius 2 is 1.81 bits per heavy atom. The van der Waals surface area contributed by atoms with E-state index in [1.807, 2.05) is 0 Å². The van der Waals surface area contributed by atoms with E-state index in [0.29, 0.717) is 13.0 Å². The van der Waals surface area contributed by atoms with Crippen molar-refractivity contribution in [2.75, 3.05) is 13.2 Å². The molecule has 2 aliphatic heterocycles. The molecule has 0 aromatic heterocycles. The fourth-order valence-electron chi connectivity index (χ4n) is 1.65. The lowest BCUT2D eigenvalue weighted by molar-refractivity contribution is -0.355. The van der Waals surface area contributed by atoms with Crippen LogP contribution in [-0.2, 0) is 14.2 Å². The van der Waals surface area contributed by atoms with E-state index in [4.69, 9.17) is 19.3 Å². The highest BCUT2D eigenvalue weighted by molar-refractivity contribution is 4.89. The number of aliphatic hydroxyl groups is 4. The molecule has 0 aliphatic carbocycles. The van der Waals surface area contributed by atoms with Gasteiger partial charge in [0.2, 0.25) is 0 Å². The van der Waals surface area contributed by atoms with Crippen molar-refractivity contribution in [1.29, 1.82) is 0 Å². The molecule has 2 heterocycles. The second kappa shape index (κ2) is 4.92. The fourth-order valence-corrected chi connectivity index (χ4v) is 1.65. The van der Waals surface area contributed by atoms with Crippen LogP contribution >= 0.6 is 0 Å². The Kier molecular flexibility index (Phi) is 3.75. The van der Waals surface area contributed by atoms with E-state index in [0.717, 1.165) is 0 Å². The van der Waals surface area contributed by atoms with Gasteiger partial charge in [-0.2, -0.15) is 0 Å². The van der Waals surface area contributed by atoms with Gasteiger partial charge in [0.1, 0.15) is 24.4 Å². The average molecular weight is 236 g/mol. The highest BCUT2D eigenvalue weighted by Crippen LogP contribution is 2.25. The summed E-state index contributed by atoms with van der Waals surface area (Å²) in [7, 11) is 0. The van der Waals surface area contributed by atoms with Gasteiger partial charge in [-0.25, -0.2) is 0 Å². The number of hydrogen-bond donors (Lipinski definition) is 4. The van der Waals surface area contributed by atoms with Crippen molar-refractivity contribution in [3.63, 3.8) is 0 Å². The zero-order valence-corrected chi connectivity index (χ0v) is 8.60. The molecule has 16 heavy (non-hydrogen) atoms. The van der Waals surface area contributed by atoms with Crippen molar-refractivity contribution < 1.29 is 34.6 Å². The van der Waals surface area contributed by atoms with Crippen LogP contribution in [0.15, 0.2) is 0 Å². The molecular weight excluding hydrogens is 220 g/mol. The molecule has 2 aliphatic rings. The largest absolute Gasteiger partial charge is 0.394 e. The Bertz CT molecular complexity index is 230. The van der Waals surface area contributed by atoms with Crippen molar-refractivity contribution >= 4 is 0 Å². The zero-order chi connectivity index (χ0) is 11.7. The van der Waals surface area contributed by atoms with Crippen LogP contribution in [0.2, 0.25) is 0 Å². The van der Waals surface area contributed by atoms with E-state index in [1.165, 1.54) is 0 Å². The molecular formula is C9H16O7. The first-order valence-electron chi connectivity index (χ1n) is 5.21. The normalized spacial score (nSPS) is 48.8. The van der Waals surface area contributed by atoms with Crippen LogP contribution in [-0.4, -0.2) is 70.6 Å². The summed E-state index contributed by atoms with van der Waals surface area (Å²) in [6, 6.07) is 0. The first-order chi connectivity index (χ1) is 7.63. The number of hydrogen-bond acceptors (Lipinski definition) is 7. The second-order valence-electron chi connectivity index (χ2n) is 3.92. The Morgan fingerprint density at radius 1 is 1.12 bits per heavy atom. The summed E-state index contributed by atoms with van der Waals surface area (Å²) in [4.78, 5) is 0. The van der Waals surface area contributed by atoms with Gasteiger partial charge in [-0.15, -0.1) is 0 Å². The quantitative estimate of drug-likeness (QED) is 0.430. The van der Waals surface area contributed by atoms with Gasteiger partial charge in [-0.1, -0.05) is 0 Å². The molecule has 7 heteroatoms. The van der Waals surface area contributed by atoms with Crippen LogP contribution in [0.4, 0.5) is 0 Å². The van der Waals surface area contributed by atoms with Gasteiger partial charge >= 0.3 is 0 Å². The third kappa shape index (κ3) is 2.21. The molecule has 0 amide bonds. The van der Waals surface area contributed by atoms with Gasteiger partial charge in [0.15, 0.2) is 12.6 Å². The molecule has 7 nitrogen and oxygen atoms in total. The average Bonchev–Trinajstić information content (AvgIpc) is 2.23.